The number of rotatable bonds is 7. The Hall–Kier alpha value is -1.21. The van der Waals surface area contributed by atoms with Gasteiger partial charge in [0.15, 0.2) is 0 Å². The van der Waals surface area contributed by atoms with Gasteiger partial charge in [-0.15, -0.1) is 0 Å². The molecule has 1 aromatic carbocycles. The van der Waals surface area contributed by atoms with Crippen molar-refractivity contribution in [1.82, 2.24) is 4.90 Å². The van der Waals surface area contributed by atoms with Crippen molar-refractivity contribution in [3.8, 4) is 0 Å². The third-order valence-corrected chi connectivity index (χ3v) is 4.24. The monoisotopic (exact) mass is 306 g/mol. The Morgan fingerprint density at radius 2 is 1.75 bits per heavy atom. The highest BCUT2D eigenvalue weighted by Crippen LogP contribution is 2.20. The van der Waals surface area contributed by atoms with Crippen LogP contribution >= 0.6 is 0 Å². The molecule has 7 heteroatoms. The minimum Gasteiger partial charge on any atom is -0.383 e. The lowest BCUT2D eigenvalue weighted by Gasteiger charge is -2.18. The van der Waals surface area contributed by atoms with Crippen molar-refractivity contribution in [2.45, 2.75) is 30.0 Å². The maximum absolute atomic E-state index is 12.4. The predicted octanol–water partition coefficient (Wildman–Crippen LogP) is 2.44. The number of halogens is 2. The fourth-order valence-corrected chi connectivity index (χ4v) is 2.37. The first-order valence-electron chi connectivity index (χ1n) is 6.27. The van der Waals surface area contributed by atoms with Gasteiger partial charge in [0, 0.05) is 11.7 Å². The van der Waals surface area contributed by atoms with Crippen LogP contribution in [-0.2, 0) is 9.84 Å². The molecule has 20 heavy (non-hydrogen) atoms. The molecular formula is C13H20F2N2O2S. The number of hydrogen-bond donors (Lipinski definition) is 1. The molecule has 0 bridgehead atoms. The lowest BCUT2D eigenvalue weighted by Crippen LogP contribution is -2.23. The SMILES string of the molecule is CC(CCN(C)C)Nc1ccc(S(=O)(=O)C(F)F)cc1. The summed E-state index contributed by atoms with van der Waals surface area (Å²) >= 11 is 0. The van der Waals surface area contributed by atoms with E-state index in [9.17, 15) is 17.2 Å². The van der Waals surface area contributed by atoms with Gasteiger partial charge in [0.2, 0.25) is 9.84 Å². The zero-order valence-corrected chi connectivity index (χ0v) is 12.6. The van der Waals surface area contributed by atoms with Crippen LogP contribution in [0.4, 0.5) is 14.5 Å². The summed E-state index contributed by atoms with van der Waals surface area (Å²) in [4.78, 5) is 1.70. The van der Waals surface area contributed by atoms with Crippen LogP contribution in [0.25, 0.3) is 0 Å². The molecule has 0 aliphatic carbocycles. The largest absolute Gasteiger partial charge is 0.383 e. The number of nitrogens with one attached hydrogen (secondary N) is 1. The van der Waals surface area contributed by atoms with Crippen LogP contribution < -0.4 is 5.32 Å². The predicted molar refractivity (Wildman–Crippen MR) is 75.9 cm³/mol. The molecule has 0 aromatic heterocycles. The fourth-order valence-electron chi connectivity index (χ4n) is 1.65. The van der Waals surface area contributed by atoms with Crippen molar-refractivity contribution in [3.05, 3.63) is 24.3 Å². The van der Waals surface area contributed by atoms with Crippen molar-refractivity contribution in [2.75, 3.05) is 26.0 Å². The fraction of sp³-hybridized carbons (Fsp3) is 0.538. The summed E-state index contributed by atoms with van der Waals surface area (Å²) in [6, 6.07) is 5.60. The highest BCUT2D eigenvalue weighted by atomic mass is 32.2. The normalized spacial score (nSPS) is 13.8. The molecule has 0 fully saturated rings. The second-order valence-corrected chi connectivity index (χ2v) is 6.89. The topological polar surface area (TPSA) is 49.4 Å². The highest BCUT2D eigenvalue weighted by Gasteiger charge is 2.26. The molecule has 114 valence electrons. The second-order valence-electron chi connectivity index (χ2n) is 4.97. The molecule has 0 aliphatic rings. The van der Waals surface area contributed by atoms with Gasteiger partial charge in [0.05, 0.1) is 4.90 Å². The Morgan fingerprint density at radius 3 is 2.20 bits per heavy atom. The summed E-state index contributed by atoms with van der Waals surface area (Å²) in [5.41, 5.74) is 0.712. The smallest absolute Gasteiger partial charge is 0.341 e. The quantitative estimate of drug-likeness (QED) is 0.840. The molecular weight excluding hydrogens is 286 g/mol. The Labute approximate surface area is 118 Å². The minimum absolute atomic E-state index is 0.204. The highest BCUT2D eigenvalue weighted by molar-refractivity contribution is 7.91. The van der Waals surface area contributed by atoms with E-state index in [1.807, 2.05) is 21.0 Å². The first kappa shape index (κ1) is 16.8. The third kappa shape index (κ3) is 4.72. The van der Waals surface area contributed by atoms with E-state index in [0.717, 1.165) is 13.0 Å². The van der Waals surface area contributed by atoms with Crippen LogP contribution in [-0.4, -0.2) is 45.8 Å². The van der Waals surface area contributed by atoms with E-state index in [4.69, 9.17) is 0 Å². The van der Waals surface area contributed by atoms with Crippen LogP contribution in [0, 0.1) is 0 Å². The van der Waals surface area contributed by atoms with E-state index < -0.39 is 15.6 Å². The van der Waals surface area contributed by atoms with Crippen molar-refractivity contribution in [2.24, 2.45) is 0 Å². The third-order valence-electron chi connectivity index (χ3n) is 2.84. The maximum atomic E-state index is 12.4. The van der Waals surface area contributed by atoms with Gasteiger partial charge in [0.25, 0.3) is 0 Å². The number of anilines is 1. The van der Waals surface area contributed by atoms with Crippen LogP contribution in [0.3, 0.4) is 0 Å². The summed E-state index contributed by atoms with van der Waals surface area (Å²) < 4.78 is 47.3. The molecule has 0 saturated heterocycles. The molecule has 1 rings (SSSR count). The van der Waals surface area contributed by atoms with E-state index in [0.29, 0.717) is 5.69 Å². The number of alkyl halides is 2. The van der Waals surface area contributed by atoms with Gasteiger partial charge < -0.3 is 10.2 Å². The van der Waals surface area contributed by atoms with Crippen molar-refractivity contribution in [1.29, 1.82) is 0 Å². The Morgan fingerprint density at radius 1 is 1.20 bits per heavy atom. The van der Waals surface area contributed by atoms with Crippen molar-refractivity contribution < 1.29 is 17.2 Å². The summed E-state index contributed by atoms with van der Waals surface area (Å²) in [5.74, 6) is -3.39. The van der Waals surface area contributed by atoms with Gasteiger partial charge in [-0.05, 0) is 58.3 Å². The second kappa shape index (κ2) is 6.99. The molecule has 1 aromatic rings. The van der Waals surface area contributed by atoms with Crippen LogP contribution in [0.15, 0.2) is 29.2 Å². The first-order valence-corrected chi connectivity index (χ1v) is 7.81. The van der Waals surface area contributed by atoms with Crippen LogP contribution in [0.5, 0.6) is 0 Å². The number of sulfone groups is 1. The first-order chi connectivity index (χ1) is 9.23. The average molecular weight is 306 g/mol. The molecule has 0 saturated carbocycles. The Bertz CT molecular complexity index is 516. The zero-order chi connectivity index (χ0) is 15.3. The maximum Gasteiger partial charge on any atom is 0.341 e. The van der Waals surface area contributed by atoms with Crippen LogP contribution in [0.1, 0.15) is 13.3 Å². The van der Waals surface area contributed by atoms with Crippen molar-refractivity contribution in [3.63, 3.8) is 0 Å². The van der Waals surface area contributed by atoms with Gasteiger partial charge in [-0.2, -0.15) is 8.78 Å². The molecule has 0 aliphatic heterocycles. The standard InChI is InChI=1S/C13H20F2N2O2S/c1-10(8-9-17(2)3)16-11-4-6-12(7-5-11)20(18,19)13(14)15/h4-7,10,13,16H,8-9H2,1-3H3. The zero-order valence-electron chi connectivity index (χ0n) is 11.8. The molecule has 0 heterocycles. The van der Waals surface area contributed by atoms with E-state index in [2.05, 4.69) is 10.2 Å². The summed E-state index contributed by atoms with van der Waals surface area (Å²) in [6.45, 7) is 2.93. The van der Waals surface area contributed by atoms with Crippen LogP contribution in [0.2, 0.25) is 0 Å². The van der Waals surface area contributed by atoms with Gasteiger partial charge in [-0.3, -0.25) is 0 Å². The molecule has 1 unspecified atom stereocenters. The Kier molecular flexibility index (Phi) is 5.88. The average Bonchev–Trinajstić information content (AvgIpc) is 2.37. The van der Waals surface area contributed by atoms with Gasteiger partial charge >= 0.3 is 5.76 Å². The summed E-state index contributed by atoms with van der Waals surface area (Å²) in [7, 11) is -0.546. The molecule has 4 nitrogen and oxygen atoms in total. The number of benzene rings is 1. The molecule has 0 spiro atoms. The summed E-state index contributed by atoms with van der Waals surface area (Å²) in [6.07, 6.45) is 0.921. The van der Waals surface area contributed by atoms with Crippen molar-refractivity contribution >= 4 is 15.5 Å². The van der Waals surface area contributed by atoms with E-state index in [1.165, 1.54) is 24.3 Å². The van der Waals surface area contributed by atoms with E-state index in [1.54, 1.807) is 0 Å². The molecule has 0 radical (unpaired) electrons. The number of hydrogen-bond acceptors (Lipinski definition) is 4. The molecule has 1 atom stereocenters. The Balaban J connectivity index is 2.68. The van der Waals surface area contributed by atoms with E-state index >= 15 is 0 Å². The van der Waals surface area contributed by atoms with Gasteiger partial charge in [0.1, 0.15) is 0 Å². The molecule has 0 amide bonds. The lowest BCUT2D eigenvalue weighted by atomic mass is 10.2. The molecule has 1 N–H and O–H groups in total. The lowest BCUT2D eigenvalue weighted by molar-refractivity contribution is 0.234. The minimum atomic E-state index is -4.51. The number of nitrogens with zero attached hydrogens (tertiary/aromatic N) is 1. The van der Waals surface area contributed by atoms with Gasteiger partial charge in [-0.1, -0.05) is 0 Å². The van der Waals surface area contributed by atoms with Gasteiger partial charge in [-0.25, -0.2) is 8.42 Å². The van der Waals surface area contributed by atoms with E-state index in [-0.39, 0.29) is 10.9 Å². The summed E-state index contributed by atoms with van der Waals surface area (Å²) in [5, 5.41) is 3.20.